The Morgan fingerprint density at radius 1 is 1.00 bits per heavy atom. The summed E-state index contributed by atoms with van der Waals surface area (Å²) in [6.07, 6.45) is 0. The van der Waals surface area contributed by atoms with Crippen molar-refractivity contribution in [2.75, 3.05) is 0 Å². The highest BCUT2D eigenvalue weighted by molar-refractivity contribution is 5.88. The zero-order chi connectivity index (χ0) is 16.6. The Bertz CT molecular complexity index is 894. The number of carboxylic acid groups (broad SMARTS) is 1. The van der Waals surface area contributed by atoms with E-state index >= 15 is 0 Å². The average molecular weight is 306 g/mol. The largest absolute Gasteiger partial charge is 0.477 e. The molecule has 0 amide bonds. The number of aryl methyl sites for hydroxylation is 3. The second kappa shape index (κ2) is 5.72. The molecule has 0 aliphatic carbocycles. The molecule has 4 nitrogen and oxygen atoms in total. The molecule has 0 saturated heterocycles. The molecule has 0 fully saturated rings. The van der Waals surface area contributed by atoms with E-state index in [-0.39, 0.29) is 5.69 Å². The molecule has 0 saturated carbocycles. The summed E-state index contributed by atoms with van der Waals surface area (Å²) in [5, 5.41) is 14.0. The van der Waals surface area contributed by atoms with Crippen LogP contribution in [0.25, 0.3) is 16.9 Å². The second-order valence-electron chi connectivity index (χ2n) is 5.77. The zero-order valence-electron chi connectivity index (χ0n) is 13.4. The van der Waals surface area contributed by atoms with Crippen LogP contribution in [0.15, 0.2) is 48.5 Å². The maximum absolute atomic E-state index is 11.6. The van der Waals surface area contributed by atoms with Crippen LogP contribution in [0.4, 0.5) is 0 Å². The fourth-order valence-electron chi connectivity index (χ4n) is 2.53. The number of rotatable bonds is 3. The summed E-state index contributed by atoms with van der Waals surface area (Å²) < 4.78 is 1.49. The molecular weight excluding hydrogens is 288 g/mol. The molecule has 23 heavy (non-hydrogen) atoms. The van der Waals surface area contributed by atoms with Crippen molar-refractivity contribution in [2.24, 2.45) is 0 Å². The Morgan fingerprint density at radius 3 is 2.43 bits per heavy atom. The highest BCUT2D eigenvalue weighted by Gasteiger charge is 2.17. The van der Waals surface area contributed by atoms with E-state index in [4.69, 9.17) is 0 Å². The molecule has 0 radical (unpaired) electrons. The van der Waals surface area contributed by atoms with Crippen LogP contribution >= 0.6 is 0 Å². The maximum Gasteiger partial charge on any atom is 0.354 e. The lowest BCUT2D eigenvalue weighted by atomic mass is 10.0. The van der Waals surface area contributed by atoms with Gasteiger partial charge in [-0.1, -0.05) is 24.3 Å². The van der Waals surface area contributed by atoms with Gasteiger partial charge in [0.25, 0.3) is 0 Å². The van der Waals surface area contributed by atoms with Crippen LogP contribution in [0.3, 0.4) is 0 Å². The van der Waals surface area contributed by atoms with Gasteiger partial charge in [-0.25, -0.2) is 9.48 Å². The minimum absolute atomic E-state index is 0.156. The number of hydrogen-bond donors (Lipinski definition) is 1. The minimum Gasteiger partial charge on any atom is -0.477 e. The summed E-state index contributed by atoms with van der Waals surface area (Å²) in [5.41, 5.74) is 5.90. The first-order valence-electron chi connectivity index (χ1n) is 7.44. The first-order valence-corrected chi connectivity index (χ1v) is 7.44. The Kier molecular flexibility index (Phi) is 3.74. The molecule has 3 aromatic rings. The van der Waals surface area contributed by atoms with Crippen molar-refractivity contribution >= 4 is 5.97 Å². The van der Waals surface area contributed by atoms with Crippen LogP contribution in [0.1, 0.15) is 27.2 Å². The van der Waals surface area contributed by atoms with E-state index in [0.717, 1.165) is 22.4 Å². The van der Waals surface area contributed by atoms with E-state index in [0.29, 0.717) is 5.69 Å². The summed E-state index contributed by atoms with van der Waals surface area (Å²) in [5.74, 6) is -0.992. The van der Waals surface area contributed by atoms with Crippen LogP contribution in [-0.4, -0.2) is 20.9 Å². The van der Waals surface area contributed by atoms with Crippen molar-refractivity contribution in [3.8, 4) is 16.9 Å². The normalized spacial score (nSPS) is 10.7. The molecule has 1 aromatic heterocycles. The molecule has 0 spiro atoms. The zero-order valence-corrected chi connectivity index (χ0v) is 13.4. The van der Waals surface area contributed by atoms with Gasteiger partial charge in [0.2, 0.25) is 0 Å². The van der Waals surface area contributed by atoms with Gasteiger partial charge < -0.3 is 5.11 Å². The van der Waals surface area contributed by atoms with E-state index in [2.05, 4.69) is 5.10 Å². The summed E-state index contributed by atoms with van der Waals surface area (Å²) in [6.45, 7) is 6.05. The number of benzene rings is 2. The second-order valence-corrected chi connectivity index (χ2v) is 5.77. The van der Waals surface area contributed by atoms with Crippen LogP contribution in [-0.2, 0) is 0 Å². The quantitative estimate of drug-likeness (QED) is 0.790. The Morgan fingerprint density at radius 2 is 1.78 bits per heavy atom. The summed E-state index contributed by atoms with van der Waals surface area (Å²) in [4.78, 5) is 11.6. The maximum atomic E-state index is 11.6. The molecule has 0 atom stereocenters. The Labute approximate surface area is 135 Å². The lowest BCUT2D eigenvalue weighted by Crippen LogP contribution is -2.07. The smallest absolute Gasteiger partial charge is 0.354 e. The van der Waals surface area contributed by atoms with Gasteiger partial charge in [-0.2, -0.15) is 5.10 Å². The molecule has 3 rings (SSSR count). The molecule has 1 N–H and O–H groups in total. The van der Waals surface area contributed by atoms with Gasteiger partial charge in [0.05, 0.1) is 11.4 Å². The third-order valence-corrected chi connectivity index (χ3v) is 3.98. The van der Waals surface area contributed by atoms with E-state index in [9.17, 15) is 9.90 Å². The van der Waals surface area contributed by atoms with Gasteiger partial charge >= 0.3 is 5.97 Å². The summed E-state index contributed by atoms with van der Waals surface area (Å²) >= 11 is 0. The van der Waals surface area contributed by atoms with Crippen molar-refractivity contribution in [2.45, 2.75) is 20.8 Å². The standard InChI is InChI=1S/C19H18N2O2/c1-12-5-4-6-16(9-12)21-18(19(22)23)11-17(20-21)15-8-7-13(2)14(3)10-15/h4-11H,1-3H3,(H,22,23). The van der Waals surface area contributed by atoms with Crippen molar-refractivity contribution < 1.29 is 9.90 Å². The van der Waals surface area contributed by atoms with Crippen molar-refractivity contribution in [3.05, 3.63) is 70.9 Å². The highest BCUT2D eigenvalue weighted by atomic mass is 16.4. The number of hydrogen-bond acceptors (Lipinski definition) is 2. The third kappa shape index (κ3) is 2.88. The number of carboxylic acids is 1. The SMILES string of the molecule is Cc1cccc(-n2nc(-c3ccc(C)c(C)c3)cc2C(=O)O)c1. The predicted octanol–water partition coefficient (Wildman–Crippen LogP) is 4.16. The van der Waals surface area contributed by atoms with Gasteiger partial charge in [-0.05, 0) is 61.7 Å². The summed E-state index contributed by atoms with van der Waals surface area (Å²) in [6, 6.07) is 15.3. The Balaban J connectivity index is 2.16. The molecule has 0 bridgehead atoms. The lowest BCUT2D eigenvalue weighted by molar-refractivity contribution is 0.0687. The monoisotopic (exact) mass is 306 g/mol. The van der Waals surface area contributed by atoms with E-state index in [1.165, 1.54) is 10.2 Å². The first kappa shape index (κ1) is 15.0. The van der Waals surface area contributed by atoms with E-state index < -0.39 is 5.97 Å². The molecule has 1 heterocycles. The molecule has 0 unspecified atom stereocenters. The van der Waals surface area contributed by atoms with Crippen LogP contribution in [0.2, 0.25) is 0 Å². The predicted molar refractivity (Wildman–Crippen MR) is 90.2 cm³/mol. The van der Waals surface area contributed by atoms with Gasteiger partial charge in [-0.15, -0.1) is 0 Å². The first-order chi connectivity index (χ1) is 11.0. The fraction of sp³-hybridized carbons (Fsp3) is 0.158. The van der Waals surface area contributed by atoms with Gasteiger partial charge in [0.15, 0.2) is 5.69 Å². The topological polar surface area (TPSA) is 55.1 Å². The number of aromatic carboxylic acids is 1. The van der Waals surface area contributed by atoms with Crippen LogP contribution in [0.5, 0.6) is 0 Å². The van der Waals surface area contributed by atoms with Crippen molar-refractivity contribution in [3.63, 3.8) is 0 Å². The van der Waals surface area contributed by atoms with E-state index in [1.54, 1.807) is 6.07 Å². The molecule has 0 aliphatic heterocycles. The third-order valence-electron chi connectivity index (χ3n) is 3.98. The van der Waals surface area contributed by atoms with Crippen molar-refractivity contribution in [1.82, 2.24) is 9.78 Å². The van der Waals surface area contributed by atoms with Gasteiger partial charge in [0, 0.05) is 5.56 Å². The molecular formula is C19H18N2O2. The van der Waals surface area contributed by atoms with E-state index in [1.807, 2.05) is 63.2 Å². The van der Waals surface area contributed by atoms with Crippen LogP contribution in [0, 0.1) is 20.8 Å². The Hall–Kier alpha value is -2.88. The van der Waals surface area contributed by atoms with Gasteiger partial charge in [0.1, 0.15) is 0 Å². The number of nitrogens with zero attached hydrogens (tertiary/aromatic N) is 2. The number of aromatic nitrogens is 2. The minimum atomic E-state index is -0.992. The molecule has 116 valence electrons. The molecule has 4 heteroatoms. The highest BCUT2D eigenvalue weighted by Crippen LogP contribution is 2.24. The molecule has 0 aliphatic rings. The number of carbonyl (C=O) groups is 1. The average Bonchev–Trinajstić information content (AvgIpc) is 2.95. The fourth-order valence-corrected chi connectivity index (χ4v) is 2.53. The van der Waals surface area contributed by atoms with Crippen LogP contribution < -0.4 is 0 Å². The lowest BCUT2D eigenvalue weighted by Gasteiger charge is -2.05. The molecule has 2 aromatic carbocycles. The van der Waals surface area contributed by atoms with Crippen molar-refractivity contribution in [1.29, 1.82) is 0 Å². The summed E-state index contributed by atoms with van der Waals surface area (Å²) in [7, 11) is 0. The van der Waals surface area contributed by atoms with Gasteiger partial charge in [-0.3, -0.25) is 0 Å².